The van der Waals surface area contributed by atoms with Crippen LogP contribution in [0.4, 0.5) is 5.69 Å². The molecular formula is C13H20N2O4S. The van der Waals surface area contributed by atoms with Gasteiger partial charge < -0.3 is 14.4 Å². The molecule has 0 spiro atoms. The lowest BCUT2D eigenvalue weighted by Gasteiger charge is -2.33. The first-order valence-corrected chi connectivity index (χ1v) is 7.99. The lowest BCUT2D eigenvalue weighted by molar-refractivity contribution is 0.0893. The van der Waals surface area contributed by atoms with Crippen LogP contribution in [-0.2, 0) is 14.8 Å². The molecular weight excluding hydrogens is 280 g/mol. The highest BCUT2D eigenvalue weighted by molar-refractivity contribution is 7.89. The molecule has 20 heavy (non-hydrogen) atoms. The van der Waals surface area contributed by atoms with E-state index in [1.54, 1.807) is 19.2 Å². The van der Waals surface area contributed by atoms with Crippen molar-refractivity contribution in [2.45, 2.75) is 23.8 Å². The summed E-state index contributed by atoms with van der Waals surface area (Å²) in [4.78, 5) is 2.11. The Kier molecular flexibility index (Phi) is 4.52. The van der Waals surface area contributed by atoms with Gasteiger partial charge in [0, 0.05) is 25.9 Å². The van der Waals surface area contributed by atoms with Crippen LogP contribution in [0, 0.1) is 0 Å². The summed E-state index contributed by atoms with van der Waals surface area (Å²) in [7, 11) is -0.694. The van der Waals surface area contributed by atoms with Crippen molar-refractivity contribution in [1.82, 2.24) is 0 Å². The van der Waals surface area contributed by atoms with Gasteiger partial charge in [-0.1, -0.05) is 0 Å². The molecule has 112 valence electrons. The Morgan fingerprint density at radius 1 is 1.35 bits per heavy atom. The van der Waals surface area contributed by atoms with Crippen LogP contribution in [0.25, 0.3) is 0 Å². The molecule has 2 rings (SSSR count). The molecule has 0 saturated carbocycles. The third-order valence-corrected chi connectivity index (χ3v) is 4.46. The van der Waals surface area contributed by atoms with Crippen molar-refractivity contribution in [3.63, 3.8) is 0 Å². The Morgan fingerprint density at radius 3 is 2.70 bits per heavy atom. The van der Waals surface area contributed by atoms with E-state index in [9.17, 15) is 8.42 Å². The van der Waals surface area contributed by atoms with Crippen LogP contribution in [0.5, 0.6) is 5.75 Å². The smallest absolute Gasteiger partial charge is 0.241 e. The molecule has 1 heterocycles. The molecule has 1 aromatic rings. The maximum absolute atomic E-state index is 11.6. The average Bonchev–Trinajstić information content (AvgIpc) is 2.45. The highest BCUT2D eigenvalue weighted by Crippen LogP contribution is 2.29. The van der Waals surface area contributed by atoms with Gasteiger partial charge in [-0.3, -0.25) is 0 Å². The molecule has 2 N–H and O–H groups in total. The van der Waals surface area contributed by atoms with Gasteiger partial charge in [-0.2, -0.15) is 0 Å². The van der Waals surface area contributed by atoms with E-state index in [2.05, 4.69) is 4.90 Å². The zero-order chi connectivity index (χ0) is 14.8. The van der Waals surface area contributed by atoms with Crippen LogP contribution in [0.1, 0.15) is 12.8 Å². The van der Waals surface area contributed by atoms with Gasteiger partial charge in [0.1, 0.15) is 10.6 Å². The van der Waals surface area contributed by atoms with E-state index in [1.165, 1.54) is 7.11 Å². The third kappa shape index (κ3) is 3.23. The van der Waals surface area contributed by atoms with Crippen molar-refractivity contribution in [3.8, 4) is 5.75 Å². The van der Waals surface area contributed by atoms with E-state index < -0.39 is 10.0 Å². The van der Waals surface area contributed by atoms with E-state index in [0.29, 0.717) is 0 Å². The first-order chi connectivity index (χ1) is 9.45. The van der Waals surface area contributed by atoms with Gasteiger partial charge in [0.15, 0.2) is 0 Å². The molecule has 1 saturated heterocycles. The number of methoxy groups -OCH3 is 2. The number of anilines is 1. The number of ether oxygens (including phenoxy) is 2. The van der Waals surface area contributed by atoms with Crippen LogP contribution in [0.15, 0.2) is 23.1 Å². The van der Waals surface area contributed by atoms with Gasteiger partial charge in [0.2, 0.25) is 10.0 Å². The Bertz CT molecular complexity index is 574. The monoisotopic (exact) mass is 300 g/mol. The average molecular weight is 300 g/mol. The summed E-state index contributed by atoms with van der Waals surface area (Å²) in [5.74, 6) is 0.261. The quantitative estimate of drug-likeness (QED) is 0.895. The Labute approximate surface area is 119 Å². The molecule has 1 aliphatic heterocycles. The number of hydrogen-bond donors (Lipinski definition) is 1. The number of primary sulfonamides is 1. The van der Waals surface area contributed by atoms with Crippen molar-refractivity contribution >= 4 is 15.7 Å². The predicted molar refractivity (Wildman–Crippen MR) is 76.6 cm³/mol. The maximum Gasteiger partial charge on any atom is 0.241 e. The minimum Gasteiger partial charge on any atom is -0.495 e. The normalized spacial score (nSPS) is 19.9. The molecule has 1 aliphatic rings. The molecule has 1 aromatic carbocycles. The van der Waals surface area contributed by atoms with E-state index in [0.717, 1.165) is 31.6 Å². The van der Waals surface area contributed by atoms with Crippen molar-refractivity contribution in [3.05, 3.63) is 18.2 Å². The van der Waals surface area contributed by atoms with Crippen LogP contribution in [0.3, 0.4) is 0 Å². The second-order valence-electron chi connectivity index (χ2n) is 4.83. The van der Waals surface area contributed by atoms with Crippen molar-refractivity contribution in [2.24, 2.45) is 5.14 Å². The zero-order valence-corrected chi connectivity index (χ0v) is 12.5. The minimum absolute atomic E-state index is 0.0111. The first kappa shape index (κ1) is 15.1. The number of nitrogens with two attached hydrogens (primary N) is 1. The largest absolute Gasteiger partial charge is 0.495 e. The van der Waals surface area contributed by atoms with Crippen molar-refractivity contribution in [1.29, 1.82) is 0 Å². The molecule has 1 atom stereocenters. The summed E-state index contributed by atoms with van der Waals surface area (Å²) in [6, 6.07) is 5.03. The van der Waals surface area contributed by atoms with Gasteiger partial charge >= 0.3 is 0 Å². The van der Waals surface area contributed by atoms with Gasteiger partial charge in [0.25, 0.3) is 0 Å². The topological polar surface area (TPSA) is 81.9 Å². The Morgan fingerprint density at radius 2 is 2.10 bits per heavy atom. The number of hydrogen-bond acceptors (Lipinski definition) is 5. The summed E-state index contributed by atoms with van der Waals surface area (Å²) < 4.78 is 33.7. The molecule has 0 aliphatic carbocycles. The van der Waals surface area contributed by atoms with E-state index in [4.69, 9.17) is 14.6 Å². The fourth-order valence-electron chi connectivity index (χ4n) is 2.45. The number of sulfonamides is 1. The lowest BCUT2D eigenvalue weighted by Crippen LogP contribution is -2.39. The van der Waals surface area contributed by atoms with Gasteiger partial charge in [-0.05, 0) is 31.0 Å². The minimum atomic E-state index is -3.81. The highest BCUT2D eigenvalue weighted by Gasteiger charge is 2.22. The van der Waals surface area contributed by atoms with Crippen molar-refractivity contribution in [2.75, 3.05) is 32.2 Å². The van der Waals surface area contributed by atoms with E-state index >= 15 is 0 Å². The van der Waals surface area contributed by atoms with Gasteiger partial charge in [0.05, 0.1) is 13.2 Å². The van der Waals surface area contributed by atoms with Gasteiger partial charge in [-0.15, -0.1) is 0 Å². The zero-order valence-electron chi connectivity index (χ0n) is 11.7. The van der Waals surface area contributed by atoms with Crippen molar-refractivity contribution < 1.29 is 17.9 Å². The highest BCUT2D eigenvalue weighted by atomic mass is 32.2. The maximum atomic E-state index is 11.6. The van der Waals surface area contributed by atoms with Crippen LogP contribution < -0.4 is 14.8 Å². The summed E-state index contributed by atoms with van der Waals surface area (Å²) in [6.07, 6.45) is 2.20. The number of nitrogens with zero attached hydrogens (tertiary/aromatic N) is 1. The van der Waals surface area contributed by atoms with Crippen LogP contribution in [-0.4, -0.2) is 41.8 Å². The SMILES string of the molecule is COc1ccc(N2CCCC(OC)C2)cc1S(N)(=O)=O. The molecule has 0 radical (unpaired) electrons. The summed E-state index contributed by atoms with van der Waals surface area (Å²) in [5, 5.41) is 5.23. The Hall–Kier alpha value is -1.31. The molecule has 0 aromatic heterocycles. The fraction of sp³-hybridized carbons (Fsp3) is 0.538. The number of piperidine rings is 1. The molecule has 1 unspecified atom stereocenters. The van der Waals surface area contributed by atoms with E-state index in [-0.39, 0.29) is 16.7 Å². The fourth-order valence-corrected chi connectivity index (χ4v) is 3.17. The molecule has 0 amide bonds. The standard InChI is InChI=1S/C13H20N2O4S/c1-18-11-4-3-7-15(9-11)10-5-6-12(19-2)13(8-10)20(14,16)17/h5-6,8,11H,3-4,7,9H2,1-2H3,(H2,14,16,17). The summed E-state index contributed by atoms with van der Waals surface area (Å²) in [5.41, 5.74) is 0.816. The van der Waals surface area contributed by atoms with Gasteiger partial charge in [-0.25, -0.2) is 13.6 Å². The molecule has 7 heteroatoms. The first-order valence-electron chi connectivity index (χ1n) is 6.44. The molecule has 1 fully saturated rings. The lowest BCUT2D eigenvalue weighted by atomic mass is 10.1. The number of benzene rings is 1. The summed E-state index contributed by atoms with van der Waals surface area (Å²) in [6.45, 7) is 1.61. The third-order valence-electron chi connectivity index (χ3n) is 3.53. The summed E-state index contributed by atoms with van der Waals surface area (Å²) >= 11 is 0. The molecule has 6 nitrogen and oxygen atoms in total. The predicted octanol–water partition coefficient (Wildman–Crippen LogP) is 0.958. The second-order valence-corrected chi connectivity index (χ2v) is 6.36. The Balaban J connectivity index is 2.34. The van der Waals surface area contributed by atoms with Crippen LogP contribution in [0.2, 0.25) is 0 Å². The number of rotatable bonds is 4. The molecule has 0 bridgehead atoms. The second kappa shape index (κ2) is 5.99. The van der Waals surface area contributed by atoms with E-state index in [1.807, 2.05) is 6.07 Å². The van der Waals surface area contributed by atoms with Crippen LogP contribution >= 0.6 is 0 Å².